The Morgan fingerprint density at radius 2 is 1.93 bits per heavy atom. The van der Waals surface area contributed by atoms with Gasteiger partial charge in [-0.05, 0) is 18.1 Å². The van der Waals surface area contributed by atoms with E-state index in [0.29, 0.717) is 6.29 Å². The van der Waals surface area contributed by atoms with Crippen LogP contribution in [0, 0.1) is 17.5 Å². The van der Waals surface area contributed by atoms with Gasteiger partial charge in [-0.2, -0.15) is 0 Å². The zero-order valence-corrected chi connectivity index (χ0v) is 7.90. The third-order valence-electron chi connectivity index (χ3n) is 2.06. The molecule has 0 unspecified atom stereocenters. The highest BCUT2D eigenvalue weighted by Gasteiger charge is 2.16. The molecule has 0 aliphatic carbocycles. The molecule has 1 rings (SSSR count). The van der Waals surface area contributed by atoms with Crippen molar-refractivity contribution in [3.05, 3.63) is 34.6 Å². The molecule has 5 heteroatoms. The molecule has 0 fully saturated rings. The van der Waals surface area contributed by atoms with Crippen LogP contribution in [-0.2, 0) is 17.8 Å². The van der Waals surface area contributed by atoms with Gasteiger partial charge in [-0.15, -0.1) is 0 Å². The molecular formula is C10H10F3NO. The predicted octanol–water partition coefficient (Wildman–Crippen LogP) is 1.69. The van der Waals surface area contributed by atoms with Crippen LogP contribution in [0.1, 0.15) is 17.5 Å². The molecule has 0 saturated carbocycles. The van der Waals surface area contributed by atoms with E-state index >= 15 is 0 Å². The highest BCUT2D eigenvalue weighted by molar-refractivity contribution is 5.50. The number of aldehydes is 1. The maximum Gasteiger partial charge on any atom is 0.166 e. The first-order chi connectivity index (χ1) is 7.11. The number of nitrogens with two attached hydrogens (primary N) is 1. The van der Waals surface area contributed by atoms with Gasteiger partial charge in [0.25, 0.3) is 0 Å². The van der Waals surface area contributed by atoms with Crippen LogP contribution >= 0.6 is 0 Å². The third kappa shape index (κ3) is 2.36. The van der Waals surface area contributed by atoms with Crippen LogP contribution in [0.4, 0.5) is 13.2 Å². The summed E-state index contributed by atoms with van der Waals surface area (Å²) < 4.78 is 39.4. The fourth-order valence-corrected chi connectivity index (χ4v) is 1.29. The van der Waals surface area contributed by atoms with Crippen molar-refractivity contribution in [3.8, 4) is 0 Å². The zero-order valence-electron chi connectivity index (χ0n) is 7.90. The molecule has 0 saturated heterocycles. The van der Waals surface area contributed by atoms with Crippen molar-refractivity contribution in [2.75, 3.05) is 0 Å². The molecule has 0 bridgehead atoms. The fourth-order valence-electron chi connectivity index (χ4n) is 1.29. The summed E-state index contributed by atoms with van der Waals surface area (Å²) in [6.07, 6.45) is 0.689. The average molecular weight is 217 g/mol. The van der Waals surface area contributed by atoms with E-state index in [9.17, 15) is 18.0 Å². The summed E-state index contributed by atoms with van der Waals surface area (Å²) >= 11 is 0. The van der Waals surface area contributed by atoms with Crippen molar-refractivity contribution < 1.29 is 18.0 Å². The monoisotopic (exact) mass is 217 g/mol. The summed E-state index contributed by atoms with van der Waals surface area (Å²) in [4.78, 5) is 10.1. The van der Waals surface area contributed by atoms with E-state index in [0.717, 1.165) is 6.07 Å². The average Bonchev–Trinajstić information content (AvgIpc) is 2.22. The van der Waals surface area contributed by atoms with Gasteiger partial charge in [-0.1, -0.05) is 0 Å². The van der Waals surface area contributed by atoms with Gasteiger partial charge in [0.2, 0.25) is 0 Å². The minimum atomic E-state index is -1.26. The van der Waals surface area contributed by atoms with Gasteiger partial charge in [-0.3, -0.25) is 0 Å². The molecule has 0 aromatic heterocycles. The van der Waals surface area contributed by atoms with E-state index in [4.69, 9.17) is 5.73 Å². The normalized spacial score (nSPS) is 10.4. The first kappa shape index (κ1) is 11.7. The van der Waals surface area contributed by atoms with Gasteiger partial charge in [0, 0.05) is 18.5 Å². The van der Waals surface area contributed by atoms with Crippen LogP contribution < -0.4 is 5.73 Å². The number of benzene rings is 1. The van der Waals surface area contributed by atoms with Gasteiger partial charge in [0.05, 0.1) is 0 Å². The number of rotatable bonds is 4. The first-order valence-electron chi connectivity index (χ1n) is 4.40. The summed E-state index contributed by atoms with van der Waals surface area (Å²) in [5.74, 6) is -3.26. The SMILES string of the molecule is NCc1c(F)c(F)cc(CCC=O)c1F. The second-order valence-corrected chi connectivity index (χ2v) is 3.03. The van der Waals surface area contributed by atoms with Crippen LogP contribution in [-0.4, -0.2) is 6.29 Å². The number of aryl methyl sites for hydroxylation is 1. The summed E-state index contributed by atoms with van der Waals surface area (Å²) in [5.41, 5.74) is 4.60. The number of carbonyl (C=O) groups is 1. The van der Waals surface area contributed by atoms with Crippen LogP contribution in [0.5, 0.6) is 0 Å². The van der Waals surface area contributed by atoms with E-state index in [1.54, 1.807) is 0 Å². The Hall–Kier alpha value is -1.36. The second-order valence-electron chi connectivity index (χ2n) is 3.03. The molecule has 1 aromatic rings. The number of carbonyl (C=O) groups excluding carboxylic acids is 1. The molecule has 2 nitrogen and oxygen atoms in total. The molecule has 0 aliphatic rings. The fraction of sp³-hybridized carbons (Fsp3) is 0.300. The molecule has 0 aliphatic heterocycles. The third-order valence-corrected chi connectivity index (χ3v) is 2.06. The Morgan fingerprint density at radius 1 is 1.27 bits per heavy atom. The van der Waals surface area contributed by atoms with Crippen molar-refractivity contribution in [2.45, 2.75) is 19.4 Å². The molecule has 82 valence electrons. The topological polar surface area (TPSA) is 43.1 Å². The van der Waals surface area contributed by atoms with E-state index in [1.165, 1.54) is 0 Å². The Bertz CT molecular complexity index is 379. The van der Waals surface area contributed by atoms with Crippen molar-refractivity contribution >= 4 is 6.29 Å². The second kappa shape index (κ2) is 4.93. The quantitative estimate of drug-likeness (QED) is 0.616. The predicted molar refractivity (Wildman–Crippen MR) is 48.6 cm³/mol. The van der Waals surface area contributed by atoms with Crippen molar-refractivity contribution in [1.82, 2.24) is 0 Å². The van der Waals surface area contributed by atoms with Gasteiger partial charge in [-0.25, -0.2) is 13.2 Å². The molecule has 0 atom stereocenters. The lowest BCUT2D eigenvalue weighted by molar-refractivity contribution is -0.107. The molecule has 2 N–H and O–H groups in total. The van der Waals surface area contributed by atoms with Gasteiger partial charge < -0.3 is 10.5 Å². The highest BCUT2D eigenvalue weighted by Crippen LogP contribution is 2.20. The molecule has 0 radical (unpaired) electrons. The highest BCUT2D eigenvalue weighted by atomic mass is 19.2. The Kier molecular flexibility index (Phi) is 3.85. The molecule has 0 heterocycles. The minimum absolute atomic E-state index is 0.0264. The van der Waals surface area contributed by atoms with Crippen molar-refractivity contribution in [3.63, 3.8) is 0 Å². The molecule has 15 heavy (non-hydrogen) atoms. The zero-order chi connectivity index (χ0) is 11.4. The number of halogens is 3. The van der Waals surface area contributed by atoms with E-state index in [-0.39, 0.29) is 18.4 Å². The lowest BCUT2D eigenvalue weighted by Gasteiger charge is -2.07. The minimum Gasteiger partial charge on any atom is -0.326 e. The first-order valence-corrected chi connectivity index (χ1v) is 4.40. The van der Waals surface area contributed by atoms with Crippen LogP contribution in [0.15, 0.2) is 6.07 Å². The smallest absolute Gasteiger partial charge is 0.166 e. The Balaban J connectivity index is 3.17. The summed E-state index contributed by atoms with van der Waals surface area (Å²) in [5, 5.41) is 0. The molecule has 0 spiro atoms. The lowest BCUT2D eigenvalue weighted by atomic mass is 10.0. The Labute approximate surface area is 84.9 Å². The summed E-state index contributed by atoms with van der Waals surface area (Å²) in [6.45, 7) is -0.413. The van der Waals surface area contributed by atoms with Crippen LogP contribution in [0.3, 0.4) is 0 Å². The van der Waals surface area contributed by atoms with Crippen LogP contribution in [0.2, 0.25) is 0 Å². The Morgan fingerprint density at radius 3 is 2.47 bits per heavy atom. The maximum absolute atomic E-state index is 13.4. The lowest BCUT2D eigenvalue weighted by Crippen LogP contribution is -2.08. The molecular weight excluding hydrogens is 207 g/mol. The standard InChI is InChI=1S/C10H10F3NO/c11-8-4-6(2-1-3-15)9(12)7(5-14)10(8)13/h3-4H,1-2,5,14H2. The van der Waals surface area contributed by atoms with Gasteiger partial charge >= 0.3 is 0 Å². The maximum atomic E-state index is 13.4. The van der Waals surface area contributed by atoms with Crippen LogP contribution in [0.25, 0.3) is 0 Å². The summed E-state index contributed by atoms with van der Waals surface area (Å²) in [7, 11) is 0. The van der Waals surface area contributed by atoms with E-state index < -0.39 is 29.6 Å². The molecule has 0 amide bonds. The van der Waals surface area contributed by atoms with E-state index in [1.807, 2.05) is 0 Å². The molecule has 1 aromatic carbocycles. The van der Waals surface area contributed by atoms with E-state index in [2.05, 4.69) is 0 Å². The number of hydrogen-bond donors (Lipinski definition) is 1. The van der Waals surface area contributed by atoms with Gasteiger partial charge in [0.1, 0.15) is 12.1 Å². The number of hydrogen-bond acceptors (Lipinski definition) is 2. The van der Waals surface area contributed by atoms with Gasteiger partial charge in [0.15, 0.2) is 11.6 Å². The summed E-state index contributed by atoms with van der Waals surface area (Å²) in [6, 6.07) is 0.757. The largest absolute Gasteiger partial charge is 0.326 e. The van der Waals surface area contributed by atoms with Crippen molar-refractivity contribution in [1.29, 1.82) is 0 Å². The van der Waals surface area contributed by atoms with Crippen molar-refractivity contribution in [2.24, 2.45) is 5.73 Å².